The molecular weight excluding hydrogens is 572 g/mol. The van der Waals surface area contributed by atoms with Gasteiger partial charge in [-0.2, -0.15) is 4.72 Å². The molecule has 0 spiro atoms. The maximum Gasteiger partial charge on any atom is 0.326 e. The zero-order chi connectivity index (χ0) is 31.0. The summed E-state index contributed by atoms with van der Waals surface area (Å²) in [4.78, 5) is 36.7. The molecule has 1 aromatic heterocycles. The molecule has 1 atom stereocenters. The highest BCUT2D eigenvalue weighted by Crippen LogP contribution is 2.23. The van der Waals surface area contributed by atoms with Crippen LogP contribution in [0.25, 0.3) is 0 Å². The third kappa shape index (κ3) is 9.13. The van der Waals surface area contributed by atoms with E-state index in [0.29, 0.717) is 17.3 Å². The fraction of sp³-hybridized carbons (Fsp3) is 0.400. The molecule has 13 heteroatoms. The van der Waals surface area contributed by atoms with Gasteiger partial charge in [-0.05, 0) is 82.1 Å². The molecule has 0 unspecified atom stereocenters. The van der Waals surface area contributed by atoms with Crippen LogP contribution in [0, 0.1) is 0 Å². The number of hydrogen-bond acceptors (Lipinski definition) is 10. The molecule has 1 saturated heterocycles. The molecule has 230 valence electrons. The normalized spacial score (nSPS) is 14.9. The maximum absolute atomic E-state index is 13.2. The van der Waals surface area contributed by atoms with E-state index in [1.807, 2.05) is 6.07 Å². The van der Waals surface area contributed by atoms with E-state index in [9.17, 15) is 18.0 Å². The number of ether oxygens (including phenoxy) is 2. The molecule has 1 aliphatic rings. The highest BCUT2D eigenvalue weighted by molar-refractivity contribution is 7.89. The number of amides is 1. The first-order valence-corrected chi connectivity index (χ1v) is 15.5. The van der Waals surface area contributed by atoms with Gasteiger partial charge >= 0.3 is 5.97 Å². The summed E-state index contributed by atoms with van der Waals surface area (Å²) in [5.74, 6) is -0.164. The topological polar surface area (TPSA) is 152 Å². The molecule has 2 heterocycles. The largest absolute Gasteiger partial charge is 0.497 e. The average Bonchev–Trinajstić information content (AvgIpc) is 2.99. The van der Waals surface area contributed by atoms with E-state index in [2.05, 4.69) is 30.2 Å². The Kier molecular flexibility index (Phi) is 10.2. The van der Waals surface area contributed by atoms with E-state index in [4.69, 9.17) is 9.47 Å². The highest BCUT2D eigenvalue weighted by atomic mass is 32.2. The summed E-state index contributed by atoms with van der Waals surface area (Å²) in [7, 11) is -2.65. The van der Waals surface area contributed by atoms with Gasteiger partial charge in [-0.1, -0.05) is 6.07 Å². The Morgan fingerprint density at radius 1 is 1.02 bits per heavy atom. The van der Waals surface area contributed by atoms with Crippen molar-refractivity contribution in [1.29, 1.82) is 0 Å². The second-order valence-corrected chi connectivity index (χ2v) is 12.8. The summed E-state index contributed by atoms with van der Waals surface area (Å²) in [6.45, 7) is 6.29. The van der Waals surface area contributed by atoms with E-state index < -0.39 is 33.5 Å². The number of piperidine rings is 1. The van der Waals surface area contributed by atoms with Crippen molar-refractivity contribution in [3.05, 3.63) is 72.6 Å². The van der Waals surface area contributed by atoms with Gasteiger partial charge in [-0.3, -0.25) is 9.59 Å². The first-order chi connectivity index (χ1) is 20.4. The first-order valence-electron chi connectivity index (χ1n) is 14.0. The van der Waals surface area contributed by atoms with Gasteiger partial charge < -0.3 is 25.0 Å². The van der Waals surface area contributed by atoms with E-state index in [1.54, 1.807) is 57.4 Å². The lowest BCUT2D eigenvalue weighted by atomic mass is 10.0. The number of sulfonamides is 1. The van der Waals surface area contributed by atoms with Gasteiger partial charge in [0.2, 0.25) is 16.0 Å². The SMILES string of the molecule is COc1ccc(S(=O)(=O)N[C@@H](CNC(=O)c2cccc(N3CCC(Nc4ncccn4)CC3)c2)C(=O)OC(C)(C)C)cc1. The number of esters is 1. The molecular formula is C30H38N6O6S. The Hall–Kier alpha value is -4.23. The third-order valence-corrected chi connectivity index (χ3v) is 8.18. The molecule has 43 heavy (non-hydrogen) atoms. The molecule has 4 rings (SSSR count). The lowest BCUT2D eigenvalue weighted by molar-refractivity contribution is -0.156. The predicted molar refractivity (Wildman–Crippen MR) is 163 cm³/mol. The number of nitrogens with zero attached hydrogens (tertiary/aromatic N) is 3. The molecule has 2 aromatic carbocycles. The molecule has 0 aliphatic carbocycles. The Morgan fingerprint density at radius 2 is 1.70 bits per heavy atom. The van der Waals surface area contributed by atoms with Gasteiger partial charge in [0, 0.05) is 49.3 Å². The molecule has 12 nitrogen and oxygen atoms in total. The highest BCUT2D eigenvalue weighted by Gasteiger charge is 2.30. The molecule has 1 amide bonds. The number of anilines is 2. The number of nitrogens with one attached hydrogen (secondary N) is 3. The van der Waals surface area contributed by atoms with Crippen molar-refractivity contribution in [2.75, 3.05) is 37.0 Å². The van der Waals surface area contributed by atoms with E-state index in [1.165, 1.54) is 31.4 Å². The minimum atomic E-state index is -4.12. The third-order valence-electron chi connectivity index (χ3n) is 6.69. The fourth-order valence-corrected chi connectivity index (χ4v) is 5.72. The number of carbonyl (C=O) groups is 2. The van der Waals surface area contributed by atoms with Crippen molar-refractivity contribution in [3.63, 3.8) is 0 Å². The van der Waals surface area contributed by atoms with E-state index >= 15 is 0 Å². The van der Waals surface area contributed by atoms with Crippen LogP contribution in [-0.4, -0.2) is 74.7 Å². The van der Waals surface area contributed by atoms with Crippen molar-refractivity contribution in [2.45, 2.75) is 56.2 Å². The second-order valence-electron chi connectivity index (χ2n) is 11.1. The summed E-state index contributed by atoms with van der Waals surface area (Å²) < 4.78 is 39.1. The minimum Gasteiger partial charge on any atom is -0.497 e. The quantitative estimate of drug-likeness (QED) is 0.276. The number of aromatic nitrogens is 2. The van der Waals surface area contributed by atoms with Crippen molar-refractivity contribution >= 4 is 33.5 Å². The summed E-state index contributed by atoms with van der Waals surface area (Å²) in [5, 5.41) is 6.05. The standard InChI is InChI=1S/C30H38N6O6S/c1-30(2,3)42-28(38)26(35-43(39,40)25-11-9-24(41-4)10-12-25)20-33-27(37)21-7-5-8-23(19-21)36-17-13-22(14-18-36)34-29-31-15-6-16-32-29/h5-12,15-16,19,22,26,35H,13-14,17-18,20H2,1-4H3,(H,33,37)(H,31,32,34)/t26-/m0/s1. The van der Waals surface area contributed by atoms with E-state index in [-0.39, 0.29) is 17.5 Å². The van der Waals surface area contributed by atoms with Crippen molar-refractivity contribution < 1.29 is 27.5 Å². The summed E-state index contributed by atoms with van der Waals surface area (Å²) in [5.41, 5.74) is 0.415. The number of hydrogen-bond donors (Lipinski definition) is 3. The van der Waals surface area contributed by atoms with Gasteiger partial charge in [-0.25, -0.2) is 18.4 Å². The molecule has 1 fully saturated rings. The molecule has 1 aliphatic heterocycles. The van der Waals surface area contributed by atoms with Crippen molar-refractivity contribution in [2.24, 2.45) is 0 Å². The Labute approximate surface area is 252 Å². The Balaban J connectivity index is 1.40. The van der Waals surface area contributed by atoms with Crippen molar-refractivity contribution in [1.82, 2.24) is 20.0 Å². The second kappa shape index (κ2) is 13.8. The van der Waals surface area contributed by atoms with Crippen LogP contribution in [-0.2, 0) is 19.6 Å². The van der Waals surface area contributed by atoms with Crippen LogP contribution in [0.2, 0.25) is 0 Å². The summed E-state index contributed by atoms with van der Waals surface area (Å²) in [6, 6.07) is 13.6. The first kappa shape index (κ1) is 31.7. The smallest absolute Gasteiger partial charge is 0.326 e. The fourth-order valence-electron chi connectivity index (χ4n) is 4.54. The molecule has 0 bridgehead atoms. The molecule has 3 aromatic rings. The van der Waals surface area contributed by atoms with Crippen molar-refractivity contribution in [3.8, 4) is 5.75 Å². The molecule has 3 N–H and O–H groups in total. The maximum atomic E-state index is 13.2. The lowest BCUT2D eigenvalue weighted by Crippen LogP contribution is -2.50. The van der Waals surface area contributed by atoms with Crippen LogP contribution in [0.1, 0.15) is 44.0 Å². The lowest BCUT2D eigenvalue weighted by Gasteiger charge is -2.34. The predicted octanol–water partition coefficient (Wildman–Crippen LogP) is 2.98. The number of benzene rings is 2. The molecule has 0 saturated carbocycles. The zero-order valence-corrected chi connectivity index (χ0v) is 25.6. The monoisotopic (exact) mass is 610 g/mol. The van der Waals surface area contributed by atoms with Gasteiger partial charge in [-0.15, -0.1) is 0 Å². The zero-order valence-electron chi connectivity index (χ0n) is 24.7. The van der Waals surface area contributed by atoms with Crippen LogP contribution >= 0.6 is 0 Å². The number of carbonyl (C=O) groups excluding carboxylic acids is 2. The van der Waals surface area contributed by atoms with Crippen LogP contribution in [0.4, 0.5) is 11.6 Å². The Morgan fingerprint density at radius 3 is 2.33 bits per heavy atom. The number of rotatable bonds is 11. The van der Waals surface area contributed by atoms with Crippen LogP contribution in [0.5, 0.6) is 5.75 Å². The van der Waals surface area contributed by atoms with E-state index in [0.717, 1.165) is 31.6 Å². The molecule has 0 radical (unpaired) electrons. The van der Waals surface area contributed by atoms with Crippen LogP contribution in [0.3, 0.4) is 0 Å². The van der Waals surface area contributed by atoms with Gasteiger partial charge in [0.25, 0.3) is 5.91 Å². The number of methoxy groups -OCH3 is 1. The van der Waals surface area contributed by atoms with Crippen LogP contribution in [0.15, 0.2) is 71.9 Å². The average molecular weight is 611 g/mol. The minimum absolute atomic E-state index is 0.0591. The van der Waals surface area contributed by atoms with Gasteiger partial charge in [0.1, 0.15) is 17.4 Å². The Bertz CT molecular complexity index is 1490. The summed E-state index contributed by atoms with van der Waals surface area (Å²) >= 11 is 0. The summed E-state index contributed by atoms with van der Waals surface area (Å²) in [6.07, 6.45) is 5.15. The van der Waals surface area contributed by atoms with Gasteiger partial charge in [0.05, 0.1) is 12.0 Å². The van der Waals surface area contributed by atoms with Gasteiger partial charge in [0.15, 0.2) is 0 Å². The van der Waals surface area contributed by atoms with Crippen LogP contribution < -0.4 is 25.0 Å².